The topological polar surface area (TPSA) is 17.1 Å². The molecule has 0 atom stereocenters. The molecule has 22 heavy (non-hydrogen) atoms. The Kier molecular flexibility index (Phi) is 3.84. The van der Waals surface area contributed by atoms with Crippen molar-refractivity contribution in [3.8, 4) is 0 Å². The van der Waals surface area contributed by atoms with Crippen LogP contribution in [0.5, 0.6) is 0 Å². The highest BCUT2D eigenvalue weighted by molar-refractivity contribution is 7.99. The highest BCUT2D eigenvalue weighted by atomic mass is 32.2. The van der Waals surface area contributed by atoms with Crippen LogP contribution in [0.15, 0.2) is 24.3 Å². The molecule has 1 aromatic rings. The maximum Gasteiger partial charge on any atom is 0.148 e. The Morgan fingerprint density at radius 3 is 2.36 bits per heavy atom. The highest BCUT2D eigenvalue weighted by Gasteiger charge is 2.53. The maximum absolute atomic E-state index is 12.9. The molecule has 1 nitrogen and oxygen atoms in total. The van der Waals surface area contributed by atoms with Crippen LogP contribution in [0.3, 0.4) is 0 Å². The minimum Gasteiger partial charge on any atom is -0.298 e. The number of carbonyl (C=O) groups excluding carboxylic acids is 1. The van der Waals surface area contributed by atoms with E-state index >= 15 is 0 Å². The lowest BCUT2D eigenvalue weighted by atomic mass is 9.48. The second-order valence-corrected chi connectivity index (χ2v) is 9.09. The number of aryl methyl sites for hydroxylation is 1. The monoisotopic (exact) mass is 314 g/mol. The molecule has 0 spiro atoms. The summed E-state index contributed by atoms with van der Waals surface area (Å²) in [6.07, 6.45) is 7.89. The maximum atomic E-state index is 12.9. The van der Waals surface area contributed by atoms with Gasteiger partial charge in [0.25, 0.3) is 0 Å². The molecular weight excluding hydrogens is 288 g/mol. The summed E-state index contributed by atoms with van der Waals surface area (Å²) in [6.45, 7) is 2.13. The number of thioether (sulfide) groups is 1. The SMILES string of the molecule is Cc1cccc(CSCC(=O)C23CC4CC(CC(C4)C2)C3)c1. The first kappa shape index (κ1) is 14.8. The smallest absolute Gasteiger partial charge is 0.148 e. The number of Topliss-reactive ketones (excluding diaryl/α,β-unsaturated/α-hetero) is 1. The van der Waals surface area contributed by atoms with Crippen molar-refractivity contribution < 1.29 is 4.79 Å². The fourth-order valence-corrected chi connectivity index (χ4v) is 6.68. The van der Waals surface area contributed by atoms with Crippen molar-refractivity contribution in [1.82, 2.24) is 0 Å². The van der Waals surface area contributed by atoms with Gasteiger partial charge in [-0.25, -0.2) is 0 Å². The Bertz CT molecular complexity index is 542. The Hall–Kier alpha value is -0.760. The molecule has 0 radical (unpaired) electrons. The van der Waals surface area contributed by atoms with Gasteiger partial charge in [0.05, 0.1) is 5.75 Å². The van der Waals surface area contributed by atoms with Gasteiger partial charge in [-0.3, -0.25) is 4.79 Å². The number of hydrogen-bond donors (Lipinski definition) is 0. The van der Waals surface area contributed by atoms with Crippen LogP contribution >= 0.6 is 11.8 Å². The van der Waals surface area contributed by atoms with Crippen LogP contribution in [0.2, 0.25) is 0 Å². The van der Waals surface area contributed by atoms with Crippen molar-refractivity contribution >= 4 is 17.5 Å². The minimum absolute atomic E-state index is 0.0916. The summed E-state index contributed by atoms with van der Waals surface area (Å²) in [6, 6.07) is 8.66. The lowest BCUT2D eigenvalue weighted by molar-refractivity contribution is -0.141. The molecule has 4 bridgehead atoms. The van der Waals surface area contributed by atoms with Crippen LogP contribution in [-0.2, 0) is 10.5 Å². The predicted octanol–water partition coefficient (Wildman–Crippen LogP) is 5.01. The van der Waals surface area contributed by atoms with Gasteiger partial charge in [0.15, 0.2) is 0 Å². The van der Waals surface area contributed by atoms with Crippen LogP contribution in [0.25, 0.3) is 0 Å². The molecule has 4 aliphatic carbocycles. The molecule has 2 heteroatoms. The fourth-order valence-electron chi connectivity index (χ4n) is 5.67. The zero-order valence-electron chi connectivity index (χ0n) is 13.5. The third-order valence-electron chi connectivity index (χ3n) is 6.21. The Morgan fingerprint density at radius 2 is 1.77 bits per heavy atom. The van der Waals surface area contributed by atoms with Crippen LogP contribution in [0.4, 0.5) is 0 Å². The van der Waals surface area contributed by atoms with Crippen molar-refractivity contribution in [1.29, 1.82) is 0 Å². The van der Waals surface area contributed by atoms with Gasteiger partial charge in [-0.05, 0) is 68.8 Å². The first-order valence-electron chi connectivity index (χ1n) is 8.79. The lowest BCUT2D eigenvalue weighted by Gasteiger charge is -2.56. The third-order valence-corrected chi connectivity index (χ3v) is 7.22. The molecule has 1 aromatic carbocycles. The van der Waals surface area contributed by atoms with Gasteiger partial charge >= 0.3 is 0 Å². The lowest BCUT2D eigenvalue weighted by Crippen LogP contribution is -2.50. The standard InChI is InChI=1S/C20H26OS/c1-14-3-2-4-15(5-14)12-22-13-19(21)20-9-16-6-17(10-20)8-18(7-16)11-20/h2-5,16-18H,6-13H2,1H3. The van der Waals surface area contributed by atoms with Crippen LogP contribution < -0.4 is 0 Å². The average Bonchev–Trinajstić information content (AvgIpc) is 2.46. The van der Waals surface area contributed by atoms with E-state index in [9.17, 15) is 4.79 Å². The van der Waals surface area contributed by atoms with E-state index in [0.717, 1.165) is 29.3 Å². The summed E-state index contributed by atoms with van der Waals surface area (Å²) in [7, 11) is 0. The molecule has 5 rings (SSSR count). The van der Waals surface area contributed by atoms with Gasteiger partial charge in [-0.1, -0.05) is 29.8 Å². The molecule has 4 fully saturated rings. The highest BCUT2D eigenvalue weighted by Crippen LogP contribution is 2.60. The average molecular weight is 314 g/mol. The van der Waals surface area contributed by atoms with Crippen molar-refractivity contribution in [2.75, 3.05) is 5.75 Å². The number of rotatable bonds is 5. The van der Waals surface area contributed by atoms with E-state index < -0.39 is 0 Å². The van der Waals surface area contributed by atoms with Crippen LogP contribution in [0, 0.1) is 30.1 Å². The van der Waals surface area contributed by atoms with E-state index in [1.807, 2.05) is 11.8 Å². The van der Waals surface area contributed by atoms with Crippen LogP contribution in [-0.4, -0.2) is 11.5 Å². The molecule has 0 N–H and O–H groups in total. The second-order valence-electron chi connectivity index (χ2n) is 8.10. The number of benzene rings is 1. The number of ketones is 1. The summed E-state index contributed by atoms with van der Waals surface area (Å²) in [4.78, 5) is 12.9. The van der Waals surface area contributed by atoms with E-state index in [1.165, 1.54) is 49.7 Å². The quantitative estimate of drug-likeness (QED) is 0.759. The van der Waals surface area contributed by atoms with Gasteiger partial charge in [0, 0.05) is 11.2 Å². The van der Waals surface area contributed by atoms with Gasteiger partial charge in [0.2, 0.25) is 0 Å². The molecular formula is C20H26OS. The Labute approximate surface area is 138 Å². The molecule has 0 aliphatic heterocycles. The van der Waals surface area contributed by atoms with Crippen molar-refractivity contribution in [2.24, 2.45) is 23.2 Å². The second kappa shape index (κ2) is 5.70. The molecule has 4 saturated carbocycles. The molecule has 0 saturated heterocycles. The number of hydrogen-bond acceptors (Lipinski definition) is 2. The van der Waals surface area contributed by atoms with Gasteiger partial charge in [-0.15, -0.1) is 11.8 Å². The minimum atomic E-state index is 0.0916. The largest absolute Gasteiger partial charge is 0.298 e. The summed E-state index contributed by atoms with van der Waals surface area (Å²) >= 11 is 1.82. The van der Waals surface area contributed by atoms with E-state index in [4.69, 9.17) is 0 Å². The van der Waals surface area contributed by atoms with Crippen molar-refractivity contribution in [2.45, 2.75) is 51.2 Å². The van der Waals surface area contributed by atoms with E-state index in [2.05, 4.69) is 31.2 Å². The Morgan fingerprint density at radius 1 is 1.14 bits per heavy atom. The molecule has 4 aliphatic rings. The van der Waals surface area contributed by atoms with Gasteiger partial charge in [0.1, 0.15) is 5.78 Å². The summed E-state index contributed by atoms with van der Waals surface area (Å²) in [5.74, 6) is 4.88. The summed E-state index contributed by atoms with van der Waals surface area (Å²) < 4.78 is 0. The zero-order chi connectivity index (χ0) is 15.2. The normalized spacial score (nSPS) is 35.8. The molecule has 0 unspecified atom stereocenters. The van der Waals surface area contributed by atoms with E-state index in [1.54, 1.807) is 0 Å². The van der Waals surface area contributed by atoms with Crippen molar-refractivity contribution in [3.05, 3.63) is 35.4 Å². The molecule has 0 aromatic heterocycles. The van der Waals surface area contributed by atoms with Crippen molar-refractivity contribution in [3.63, 3.8) is 0 Å². The van der Waals surface area contributed by atoms with E-state index in [0.29, 0.717) is 5.78 Å². The molecule has 0 heterocycles. The van der Waals surface area contributed by atoms with Gasteiger partial charge < -0.3 is 0 Å². The van der Waals surface area contributed by atoms with E-state index in [-0.39, 0.29) is 5.41 Å². The summed E-state index contributed by atoms with van der Waals surface area (Å²) in [5, 5.41) is 0. The van der Waals surface area contributed by atoms with Crippen LogP contribution in [0.1, 0.15) is 49.7 Å². The first-order chi connectivity index (χ1) is 10.6. The fraction of sp³-hybridized carbons (Fsp3) is 0.650. The zero-order valence-corrected chi connectivity index (χ0v) is 14.3. The summed E-state index contributed by atoms with van der Waals surface area (Å²) in [5.41, 5.74) is 2.75. The predicted molar refractivity (Wildman–Crippen MR) is 93.0 cm³/mol. The molecule has 0 amide bonds. The third kappa shape index (κ3) is 2.75. The first-order valence-corrected chi connectivity index (χ1v) is 9.95. The van der Waals surface area contributed by atoms with Gasteiger partial charge in [-0.2, -0.15) is 0 Å². The number of carbonyl (C=O) groups is 1. The Balaban J connectivity index is 1.36. The molecule has 118 valence electrons.